The third-order valence-corrected chi connectivity index (χ3v) is 6.16. The van der Waals surface area contributed by atoms with Crippen molar-refractivity contribution < 1.29 is 27.8 Å². The van der Waals surface area contributed by atoms with Gasteiger partial charge in [0.15, 0.2) is 0 Å². The molecule has 0 aliphatic carbocycles. The van der Waals surface area contributed by atoms with Gasteiger partial charge in [-0.1, -0.05) is 0 Å². The summed E-state index contributed by atoms with van der Waals surface area (Å²) >= 11 is 0. The number of hydrogen-bond acceptors (Lipinski definition) is 5. The van der Waals surface area contributed by atoms with Gasteiger partial charge in [-0.3, -0.25) is 4.79 Å². The van der Waals surface area contributed by atoms with E-state index in [1.807, 2.05) is 12.1 Å². The summed E-state index contributed by atoms with van der Waals surface area (Å²) in [7, 11) is 0. The van der Waals surface area contributed by atoms with Crippen molar-refractivity contribution in [1.82, 2.24) is 15.0 Å². The fourth-order valence-electron chi connectivity index (χ4n) is 3.91. The first-order chi connectivity index (χ1) is 16.0. The van der Waals surface area contributed by atoms with E-state index in [4.69, 9.17) is 9.84 Å². The third kappa shape index (κ3) is 5.32. The fraction of sp³-hybridized carbons (Fsp3) is 0.458. The number of halogens is 3. The highest BCUT2D eigenvalue weighted by Crippen LogP contribution is 2.32. The molecule has 0 amide bonds. The molecule has 0 saturated carbocycles. The zero-order valence-corrected chi connectivity index (χ0v) is 19.0. The van der Waals surface area contributed by atoms with Crippen molar-refractivity contribution in [2.75, 3.05) is 31.2 Å². The molecule has 3 aromatic rings. The Bertz CT molecular complexity index is 1150. The van der Waals surface area contributed by atoms with Crippen LogP contribution in [0.1, 0.15) is 32.3 Å². The number of carboxylic acid groups (broad SMARTS) is 1. The number of benzene rings is 1. The van der Waals surface area contributed by atoms with Crippen molar-refractivity contribution in [1.29, 1.82) is 0 Å². The van der Waals surface area contributed by atoms with Crippen molar-refractivity contribution in [2.45, 2.75) is 32.9 Å². The van der Waals surface area contributed by atoms with Crippen molar-refractivity contribution >= 4 is 22.8 Å². The first-order valence-corrected chi connectivity index (χ1v) is 11.1. The third-order valence-electron chi connectivity index (χ3n) is 6.16. The Hall–Kier alpha value is -3.14. The van der Waals surface area contributed by atoms with E-state index in [9.17, 15) is 18.0 Å². The zero-order valence-electron chi connectivity index (χ0n) is 19.0. The molecule has 4 rings (SSSR count). The molecule has 1 fully saturated rings. The van der Waals surface area contributed by atoms with Crippen LogP contribution in [0.2, 0.25) is 0 Å². The number of aromatic amines is 1. The van der Waals surface area contributed by atoms with Gasteiger partial charge in [0.1, 0.15) is 11.6 Å². The van der Waals surface area contributed by atoms with E-state index in [-0.39, 0.29) is 6.61 Å². The Balaban J connectivity index is 1.34. The van der Waals surface area contributed by atoms with Crippen LogP contribution in [0.15, 0.2) is 36.5 Å². The highest BCUT2D eigenvalue weighted by molar-refractivity contribution is 5.80. The van der Waals surface area contributed by atoms with Gasteiger partial charge >= 0.3 is 12.1 Å². The van der Waals surface area contributed by atoms with E-state index in [1.165, 1.54) is 6.07 Å². The van der Waals surface area contributed by atoms with E-state index < -0.39 is 23.1 Å². The Kier molecular flexibility index (Phi) is 6.53. The zero-order chi connectivity index (χ0) is 24.5. The molecule has 2 N–H and O–H groups in total. The molecule has 1 saturated heterocycles. The Morgan fingerprint density at radius 3 is 2.56 bits per heavy atom. The summed E-state index contributed by atoms with van der Waals surface area (Å²) < 4.78 is 44.5. The number of pyridine rings is 1. The van der Waals surface area contributed by atoms with E-state index in [1.54, 1.807) is 20.0 Å². The number of carbonyl (C=O) groups is 1. The van der Waals surface area contributed by atoms with Crippen LogP contribution in [0.25, 0.3) is 22.4 Å². The summed E-state index contributed by atoms with van der Waals surface area (Å²) in [6.45, 7) is 5.65. The molecule has 0 spiro atoms. The minimum Gasteiger partial charge on any atom is -0.481 e. The molecule has 10 heteroatoms. The molecule has 3 heterocycles. The minimum atomic E-state index is -4.41. The Morgan fingerprint density at radius 2 is 1.94 bits per heavy atom. The normalized spacial score (nSPS) is 15.7. The highest BCUT2D eigenvalue weighted by atomic mass is 19.4. The van der Waals surface area contributed by atoms with Crippen LogP contribution in [-0.2, 0) is 15.7 Å². The number of hydrogen-bond donors (Lipinski definition) is 2. The van der Waals surface area contributed by atoms with Gasteiger partial charge in [-0.2, -0.15) is 13.2 Å². The fourth-order valence-corrected chi connectivity index (χ4v) is 3.91. The summed E-state index contributed by atoms with van der Waals surface area (Å²) in [6, 6.07) is 7.18. The number of carboxylic acids is 1. The highest BCUT2D eigenvalue weighted by Gasteiger charge is 2.31. The largest absolute Gasteiger partial charge is 0.481 e. The molecule has 0 unspecified atom stereocenters. The van der Waals surface area contributed by atoms with Crippen LogP contribution in [0.4, 0.5) is 19.0 Å². The molecular formula is C24H27F3N4O3. The van der Waals surface area contributed by atoms with Crippen molar-refractivity contribution in [2.24, 2.45) is 11.3 Å². The smallest absolute Gasteiger partial charge is 0.416 e. The van der Waals surface area contributed by atoms with Gasteiger partial charge in [-0.15, -0.1) is 0 Å². The number of nitrogens with one attached hydrogen (secondary N) is 1. The number of imidazole rings is 1. The lowest BCUT2D eigenvalue weighted by molar-refractivity contribution is -0.150. The first kappa shape index (κ1) is 24.0. The number of aromatic nitrogens is 3. The lowest BCUT2D eigenvalue weighted by Crippen LogP contribution is -2.36. The standard InChI is InChI=1S/C24H27F3N4O3/c1-23(2,22(32)33)14-34-13-15-7-9-31(10-8-15)20-6-3-16(12-28-20)21-29-18-5-4-17(24(25,26)27)11-19(18)30-21/h3-6,11-12,15H,7-10,13-14H2,1-2H3,(H,29,30)(H,32,33). The van der Waals surface area contributed by atoms with Crippen molar-refractivity contribution in [3.63, 3.8) is 0 Å². The van der Waals surface area contributed by atoms with E-state index in [0.29, 0.717) is 34.9 Å². The van der Waals surface area contributed by atoms with Crippen LogP contribution in [0.5, 0.6) is 0 Å². The molecule has 0 radical (unpaired) electrons. The molecule has 2 aromatic heterocycles. The van der Waals surface area contributed by atoms with E-state index >= 15 is 0 Å². The molecule has 182 valence electrons. The number of aliphatic carboxylic acids is 1. The number of piperidine rings is 1. The average molecular weight is 476 g/mol. The van der Waals surface area contributed by atoms with Gasteiger partial charge in [0.2, 0.25) is 0 Å². The summed E-state index contributed by atoms with van der Waals surface area (Å²) in [5, 5.41) is 9.17. The lowest BCUT2D eigenvalue weighted by atomic mass is 9.94. The number of nitrogens with zero attached hydrogens (tertiary/aromatic N) is 3. The number of anilines is 1. The molecule has 0 bridgehead atoms. The quantitative estimate of drug-likeness (QED) is 0.499. The monoisotopic (exact) mass is 476 g/mol. The van der Waals surface area contributed by atoms with Crippen molar-refractivity contribution in [3.8, 4) is 11.4 Å². The molecule has 1 aliphatic heterocycles. The van der Waals surface area contributed by atoms with E-state index in [2.05, 4.69) is 19.9 Å². The van der Waals surface area contributed by atoms with Gasteiger partial charge in [0, 0.05) is 31.5 Å². The summed E-state index contributed by atoms with van der Waals surface area (Å²) in [4.78, 5) is 25.2. The number of H-pyrrole nitrogens is 1. The molecule has 1 aromatic carbocycles. The predicted octanol–water partition coefficient (Wildman–Crippen LogP) is 4.99. The second-order valence-corrected chi connectivity index (χ2v) is 9.35. The van der Waals surface area contributed by atoms with Crippen LogP contribution >= 0.6 is 0 Å². The number of rotatable bonds is 7. The van der Waals surface area contributed by atoms with E-state index in [0.717, 1.165) is 43.9 Å². The number of fused-ring (bicyclic) bond motifs is 1. The van der Waals surface area contributed by atoms with Gasteiger partial charge in [-0.05, 0) is 62.9 Å². The van der Waals surface area contributed by atoms with Gasteiger partial charge in [-0.25, -0.2) is 9.97 Å². The second-order valence-electron chi connectivity index (χ2n) is 9.35. The second kappa shape index (κ2) is 9.25. The van der Waals surface area contributed by atoms with Crippen LogP contribution in [0, 0.1) is 11.3 Å². The molecule has 1 aliphatic rings. The molecular weight excluding hydrogens is 449 g/mol. The summed E-state index contributed by atoms with van der Waals surface area (Å²) in [6.07, 6.45) is -0.901. The lowest BCUT2D eigenvalue weighted by Gasteiger charge is -2.33. The average Bonchev–Trinajstić information content (AvgIpc) is 3.22. The first-order valence-electron chi connectivity index (χ1n) is 11.1. The van der Waals surface area contributed by atoms with Gasteiger partial charge in [0.05, 0.1) is 28.6 Å². The summed E-state index contributed by atoms with van der Waals surface area (Å²) in [5.74, 6) is 0.793. The molecule has 0 atom stereocenters. The maximum absolute atomic E-state index is 13.0. The number of ether oxygens (including phenoxy) is 1. The van der Waals surface area contributed by atoms with Gasteiger partial charge < -0.3 is 19.7 Å². The molecule has 7 nitrogen and oxygen atoms in total. The Labute approximate surface area is 195 Å². The van der Waals surface area contributed by atoms with Crippen LogP contribution in [-0.4, -0.2) is 52.3 Å². The maximum Gasteiger partial charge on any atom is 0.416 e. The van der Waals surface area contributed by atoms with Crippen LogP contribution < -0.4 is 4.90 Å². The van der Waals surface area contributed by atoms with Crippen molar-refractivity contribution in [3.05, 3.63) is 42.1 Å². The number of alkyl halides is 3. The predicted molar refractivity (Wildman–Crippen MR) is 121 cm³/mol. The minimum absolute atomic E-state index is 0.185. The molecule has 34 heavy (non-hydrogen) atoms. The van der Waals surface area contributed by atoms with Crippen LogP contribution in [0.3, 0.4) is 0 Å². The topological polar surface area (TPSA) is 91.3 Å². The summed E-state index contributed by atoms with van der Waals surface area (Å²) in [5.41, 5.74) is -0.138. The Morgan fingerprint density at radius 1 is 1.21 bits per heavy atom. The van der Waals surface area contributed by atoms with Gasteiger partial charge in [0.25, 0.3) is 0 Å². The maximum atomic E-state index is 13.0. The SMILES string of the molecule is CC(C)(COCC1CCN(c2ccc(-c3nc4ccc(C(F)(F)F)cc4[nH]3)cn2)CC1)C(=O)O.